The smallest absolute Gasteiger partial charge is 0.232 e. The van der Waals surface area contributed by atoms with Crippen molar-refractivity contribution in [2.45, 2.75) is 46.1 Å². The number of ether oxygens (including phenoxy) is 1. The van der Waals surface area contributed by atoms with Crippen LogP contribution >= 0.6 is 0 Å². The number of nitrogens with zero attached hydrogens (tertiary/aromatic N) is 3. The lowest BCUT2D eigenvalue weighted by molar-refractivity contribution is 0.0423. The topological polar surface area (TPSA) is 58.8 Å². The van der Waals surface area contributed by atoms with E-state index in [9.17, 15) is 0 Å². The van der Waals surface area contributed by atoms with Crippen molar-refractivity contribution >= 4 is 0 Å². The van der Waals surface area contributed by atoms with Gasteiger partial charge in [-0.15, -0.1) is 0 Å². The monoisotopic (exact) mass is 259 g/mol. The number of rotatable bonds is 3. The predicted octanol–water partition coefficient (Wildman–Crippen LogP) is 3.19. The Hall–Kier alpha value is -1.63. The summed E-state index contributed by atoms with van der Waals surface area (Å²) in [7, 11) is 0. The van der Waals surface area contributed by atoms with Crippen LogP contribution in [0.15, 0.2) is 12.4 Å². The first kappa shape index (κ1) is 13.8. The maximum Gasteiger partial charge on any atom is 0.232 e. The van der Waals surface area contributed by atoms with Crippen LogP contribution < -0.4 is 4.74 Å². The fourth-order valence-electron chi connectivity index (χ4n) is 2.84. The Bertz CT molecular complexity index is 449. The Morgan fingerprint density at radius 3 is 2.68 bits per heavy atom. The van der Waals surface area contributed by atoms with E-state index >= 15 is 0 Å². The van der Waals surface area contributed by atoms with Gasteiger partial charge in [-0.25, -0.2) is 9.97 Å². The predicted molar refractivity (Wildman–Crippen MR) is 72.5 cm³/mol. The summed E-state index contributed by atoms with van der Waals surface area (Å²) in [6.45, 7) is 6.78. The second kappa shape index (κ2) is 6.01. The molecule has 2 rings (SSSR count). The molecule has 1 aliphatic carbocycles. The highest BCUT2D eigenvalue weighted by molar-refractivity contribution is 5.18. The average Bonchev–Trinajstić information content (AvgIpc) is 2.39. The lowest BCUT2D eigenvalue weighted by Crippen LogP contribution is -2.36. The minimum Gasteiger partial charge on any atom is -0.473 e. The van der Waals surface area contributed by atoms with Crippen molar-refractivity contribution in [3.8, 4) is 11.9 Å². The van der Waals surface area contributed by atoms with Gasteiger partial charge in [-0.3, -0.25) is 0 Å². The summed E-state index contributed by atoms with van der Waals surface area (Å²) in [5.74, 6) is 2.42. The molecule has 102 valence electrons. The first-order chi connectivity index (χ1) is 9.10. The molecule has 0 N–H and O–H groups in total. The SMILES string of the molecule is CC1CCC(C(C)C)C(Oc2cnc(C#N)cn2)C1. The Morgan fingerprint density at radius 1 is 1.32 bits per heavy atom. The van der Waals surface area contributed by atoms with Gasteiger partial charge in [0.15, 0.2) is 5.69 Å². The molecule has 0 radical (unpaired) electrons. The van der Waals surface area contributed by atoms with E-state index in [1.165, 1.54) is 19.0 Å². The summed E-state index contributed by atoms with van der Waals surface area (Å²) in [4.78, 5) is 8.16. The fraction of sp³-hybridized carbons (Fsp3) is 0.667. The Balaban J connectivity index is 2.07. The first-order valence-electron chi connectivity index (χ1n) is 6.99. The van der Waals surface area contributed by atoms with Gasteiger partial charge in [-0.1, -0.05) is 27.2 Å². The fourth-order valence-corrected chi connectivity index (χ4v) is 2.84. The molecule has 3 atom stereocenters. The third-order valence-electron chi connectivity index (χ3n) is 3.98. The second-order valence-corrected chi connectivity index (χ2v) is 5.83. The normalized spacial score (nSPS) is 27.0. The largest absolute Gasteiger partial charge is 0.473 e. The minimum atomic E-state index is 0.214. The highest BCUT2D eigenvalue weighted by Gasteiger charge is 2.32. The number of hydrogen-bond donors (Lipinski definition) is 0. The summed E-state index contributed by atoms with van der Waals surface area (Å²) in [5.41, 5.74) is 0.324. The van der Waals surface area contributed by atoms with Gasteiger partial charge in [0.2, 0.25) is 5.88 Å². The molecule has 0 amide bonds. The van der Waals surface area contributed by atoms with Crippen molar-refractivity contribution in [3.63, 3.8) is 0 Å². The van der Waals surface area contributed by atoms with E-state index in [4.69, 9.17) is 10.00 Å². The summed E-state index contributed by atoms with van der Waals surface area (Å²) in [6, 6.07) is 1.96. The third kappa shape index (κ3) is 3.44. The van der Waals surface area contributed by atoms with Crippen LogP contribution in [0.2, 0.25) is 0 Å². The molecule has 1 saturated carbocycles. The zero-order valence-electron chi connectivity index (χ0n) is 11.8. The van der Waals surface area contributed by atoms with Crippen molar-refractivity contribution in [3.05, 3.63) is 18.1 Å². The van der Waals surface area contributed by atoms with Gasteiger partial charge in [-0.05, 0) is 30.6 Å². The van der Waals surface area contributed by atoms with Crippen molar-refractivity contribution in [2.75, 3.05) is 0 Å². The maximum absolute atomic E-state index is 8.71. The van der Waals surface area contributed by atoms with E-state index < -0.39 is 0 Å². The van der Waals surface area contributed by atoms with E-state index in [0.29, 0.717) is 29.3 Å². The summed E-state index contributed by atoms with van der Waals surface area (Å²) in [6.07, 6.45) is 6.80. The summed E-state index contributed by atoms with van der Waals surface area (Å²) in [5, 5.41) is 8.71. The zero-order chi connectivity index (χ0) is 13.8. The van der Waals surface area contributed by atoms with Crippen LogP contribution in [-0.4, -0.2) is 16.1 Å². The molecule has 4 nitrogen and oxygen atoms in total. The molecule has 0 bridgehead atoms. The van der Waals surface area contributed by atoms with Crippen LogP contribution in [-0.2, 0) is 0 Å². The number of nitriles is 1. The molecule has 0 aromatic carbocycles. The highest BCUT2D eigenvalue weighted by atomic mass is 16.5. The Morgan fingerprint density at radius 2 is 2.11 bits per heavy atom. The molecule has 0 saturated heterocycles. The second-order valence-electron chi connectivity index (χ2n) is 5.83. The van der Waals surface area contributed by atoms with Gasteiger partial charge in [0.1, 0.15) is 12.2 Å². The third-order valence-corrected chi connectivity index (χ3v) is 3.98. The Labute approximate surface area is 114 Å². The quantitative estimate of drug-likeness (QED) is 0.836. The Kier molecular flexibility index (Phi) is 4.36. The van der Waals surface area contributed by atoms with Crippen LogP contribution in [0, 0.1) is 29.1 Å². The molecule has 4 heteroatoms. The van der Waals surface area contributed by atoms with Gasteiger partial charge >= 0.3 is 0 Å². The van der Waals surface area contributed by atoms with Gasteiger partial charge in [-0.2, -0.15) is 5.26 Å². The molecular weight excluding hydrogens is 238 g/mol. The summed E-state index contributed by atoms with van der Waals surface area (Å²) < 4.78 is 6.02. The molecule has 1 aliphatic rings. The summed E-state index contributed by atoms with van der Waals surface area (Å²) >= 11 is 0. The zero-order valence-corrected chi connectivity index (χ0v) is 11.8. The van der Waals surface area contributed by atoms with Crippen LogP contribution in [0.3, 0.4) is 0 Å². The van der Waals surface area contributed by atoms with Gasteiger partial charge in [0, 0.05) is 0 Å². The molecule has 1 aromatic rings. The minimum absolute atomic E-state index is 0.214. The van der Waals surface area contributed by atoms with E-state index in [1.54, 1.807) is 6.20 Å². The number of hydrogen-bond acceptors (Lipinski definition) is 4. The molecule has 19 heavy (non-hydrogen) atoms. The van der Waals surface area contributed by atoms with Crippen molar-refractivity contribution < 1.29 is 4.74 Å². The van der Waals surface area contributed by atoms with E-state index in [0.717, 1.165) is 6.42 Å². The van der Waals surface area contributed by atoms with Crippen molar-refractivity contribution in [1.29, 1.82) is 5.26 Å². The van der Waals surface area contributed by atoms with Crippen LogP contribution in [0.25, 0.3) is 0 Å². The lowest BCUT2D eigenvalue weighted by Gasteiger charge is -2.36. The maximum atomic E-state index is 8.71. The van der Waals surface area contributed by atoms with Crippen molar-refractivity contribution in [1.82, 2.24) is 9.97 Å². The molecule has 0 aliphatic heterocycles. The lowest BCUT2D eigenvalue weighted by atomic mass is 9.75. The average molecular weight is 259 g/mol. The van der Waals surface area contributed by atoms with Crippen LogP contribution in [0.5, 0.6) is 5.88 Å². The standard InChI is InChI=1S/C15H21N3O/c1-10(2)13-5-4-11(3)6-14(13)19-15-9-17-12(7-16)8-18-15/h8-11,13-14H,4-6H2,1-3H3. The van der Waals surface area contributed by atoms with E-state index in [2.05, 4.69) is 30.7 Å². The van der Waals surface area contributed by atoms with Gasteiger partial charge in [0.25, 0.3) is 0 Å². The molecular formula is C15H21N3O. The molecule has 0 spiro atoms. The number of aromatic nitrogens is 2. The molecule has 1 fully saturated rings. The van der Waals surface area contributed by atoms with E-state index in [1.807, 2.05) is 6.07 Å². The molecule has 3 unspecified atom stereocenters. The molecule has 1 aromatic heterocycles. The van der Waals surface area contributed by atoms with Crippen LogP contribution in [0.1, 0.15) is 45.7 Å². The molecule has 1 heterocycles. The van der Waals surface area contributed by atoms with E-state index in [-0.39, 0.29) is 6.10 Å². The van der Waals surface area contributed by atoms with Crippen molar-refractivity contribution in [2.24, 2.45) is 17.8 Å². The first-order valence-corrected chi connectivity index (χ1v) is 6.99. The van der Waals surface area contributed by atoms with Crippen LogP contribution in [0.4, 0.5) is 0 Å². The van der Waals surface area contributed by atoms with Gasteiger partial charge in [0.05, 0.1) is 12.4 Å². The highest BCUT2D eigenvalue weighted by Crippen LogP contribution is 2.35. The van der Waals surface area contributed by atoms with Gasteiger partial charge < -0.3 is 4.74 Å².